The molecule has 0 unspecified atom stereocenters. The van der Waals surface area contributed by atoms with Crippen molar-refractivity contribution in [1.29, 1.82) is 0 Å². The largest absolute Gasteiger partial charge is 0.634 e. The number of piperazine rings is 1. The van der Waals surface area contributed by atoms with Gasteiger partial charge in [0.1, 0.15) is 5.75 Å². The van der Waals surface area contributed by atoms with Gasteiger partial charge in [-0.3, -0.25) is 0 Å². The van der Waals surface area contributed by atoms with Crippen LogP contribution in [-0.4, -0.2) is 31.3 Å². The van der Waals surface area contributed by atoms with Gasteiger partial charge in [-0.2, -0.15) is 0 Å². The van der Waals surface area contributed by atoms with Crippen molar-refractivity contribution in [2.45, 2.75) is 0 Å². The molecule has 1 heterocycles. The van der Waals surface area contributed by atoms with Gasteiger partial charge in [-0.1, -0.05) is 18.2 Å². The molecule has 1 aromatic rings. The van der Waals surface area contributed by atoms with Gasteiger partial charge in [-0.05, 0) is 12.1 Å². The number of phenolic OH excluding ortho intramolecular Hbond substituents is 1. The molecular weight excluding hydrogens is 180 g/mol. The van der Waals surface area contributed by atoms with Crippen LogP contribution in [0.3, 0.4) is 0 Å². The lowest BCUT2D eigenvalue weighted by Gasteiger charge is -2.26. The summed E-state index contributed by atoms with van der Waals surface area (Å²) in [5.74, 6) is 0.322. The predicted molar refractivity (Wildman–Crippen MR) is 55.0 cm³/mol. The SMILES string of the molecule is Oc1ccccc1.[O-][NH+]1CCNCC1. The van der Waals surface area contributed by atoms with E-state index in [1.165, 1.54) is 0 Å². The summed E-state index contributed by atoms with van der Waals surface area (Å²) in [5, 5.41) is 22.6. The van der Waals surface area contributed by atoms with Crippen molar-refractivity contribution >= 4 is 0 Å². The summed E-state index contributed by atoms with van der Waals surface area (Å²) >= 11 is 0. The second kappa shape index (κ2) is 6.37. The highest BCUT2D eigenvalue weighted by molar-refractivity contribution is 5.18. The van der Waals surface area contributed by atoms with Crippen LogP contribution in [0.25, 0.3) is 0 Å². The fraction of sp³-hybridized carbons (Fsp3) is 0.400. The highest BCUT2D eigenvalue weighted by Gasteiger charge is 2.01. The normalized spacial score (nSPS) is 16.9. The zero-order valence-corrected chi connectivity index (χ0v) is 8.07. The standard InChI is InChI=1S/C6H6O.C4H10N2O/c7-6-4-2-1-3-5-6;7-6-3-1-5-2-4-6/h1-5,7H;5-6H,1-4H2. The van der Waals surface area contributed by atoms with Gasteiger partial charge in [0.25, 0.3) is 0 Å². The average molecular weight is 196 g/mol. The molecule has 3 N–H and O–H groups in total. The van der Waals surface area contributed by atoms with E-state index in [-0.39, 0.29) is 0 Å². The predicted octanol–water partition coefficient (Wildman–Crippen LogP) is -0.635. The lowest BCUT2D eigenvalue weighted by Crippen LogP contribution is -3.10. The summed E-state index contributed by atoms with van der Waals surface area (Å²) < 4.78 is 0. The molecule has 0 radical (unpaired) electrons. The molecule has 1 aliphatic rings. The van der Waals surface area contributed by atoms with E-state index in [0.717, 1.165) is 26.2 Å². The van der Waals surface area contributed by atoms with Crippen LogP contribution in [0.1, 0.15) is 0 Å². The molecule has 4 nitrogen and oxygen atoms in total. The Balaban J connectivity index is 0.000000140. The summed E-state index contributed by atoms with van der Waals surface area (Å²) in [7, 11) is 0. The topological polar surface area (TPSA) is 59.8 Å². The maximum Gasteiger partial charge on any atom is 0.115 e. The van der Waals surface area contributed by atoms with Crippen molar-refractivity contribution in [2.24, 2.45) is 0 Å². The molecule has 4 heteroatoms. The van der Waals surface area contributed by atoms with E-state index in [2.05, 4.69) is 5.32 Å². The Morgan fingerprint density at radius 1 is 1.14 bits per heavy atom. The van der Waals surface area contributed by atoms with Gasteiger partial charge >= 0.3 is 0 Å². The van der Waals surface area contributed by atoms with E-state index in [4.69, 9.17) is 5.11 Å². The molecule has 2 rings (SSSR count). The first-order valence-electron chi connectivity index (χ1n) is 4.75. The molecule has 0 saturated carbocycles. The highest BCUT2D eigenvalue weighted by atomic mass is 16.5. The number of phenols is 1. The minimum atomic E-state index is 0.322. The van der Waals surface area contributed by atoms with Crippen LogP contribution in [0.4, 0.5) is 0 Å². The number of nitrogens with one attached hydrogen (secondary N) is 2. The molecule has 0 bridgehead atoms. The minimum absolute atomic E-state index is 0.322. The summed E-state index contributed by atoms with van der Waals surface area (Å²) in [6.45, 7) is 3.25. The molecular formula is C10H16N2O2. The van der Waals surface area contributed by atoms with Crippen molar-refractivity contribution in [3.63, 3.8) is 0 Å². The van der Waals surface area contributed by atoms with Gasteiger partial charge in [0, 0.05) is 13.1 Å². The Morgan fingerprint density at radius 3 is 2.00 bits per heavy atom. The lowest BCUT2D eigenvalue weighted by atomic mass is 10.3. The first kappa shape index (κ1) is 11.0. The fourth-order valence-electron chi connectivity index (χ4n) is 1.13. The van der Waals surface area contributed by atoms with E-state index >= 15 is 0 Å². The van der Waals surface area contributed by atoms with Gasteiger partial charge < -0.3 is 20.7 Å². The van der Waals surface area contributed by atoms with Gasteiger partial charge in [0.15, 0.2) is 0 Å². The molecule has 1 fully saturated rings. The van der Waals surface area contributed by atoms with Gasteiger partial charge in [0.2, 0.25) is 0 Å². The van der Waals surface area contributed by atoms with Crippen molar-refractivity contribution in [1.82, 2.24) is 5.32 Å². The van der Waals surface area contributed by atoms with Crippen molar-refractivity contribution < 1.29 is 10.2 Å². The third-order valence-corrected chi connectivity index (χ3v) is 1.92. The Kier molecular flexibility index (Phi) is 4.99. The number of hydroxylamine groups is 2. The van der Waals surface area contributed by atoms with E-state index < -0.39 is 0 Å². The monoisotopic (exact) mass is 196 g/mol. The van der Waals surface area contributed by atoms with Crippen LogP contribution >= 0.6 is 0 Å². The Labute approximate surface area is 83.7 Å². The second-order valence-corrected chi connectivity index (χ2v) is 3.12. The van der Waals surface area contributed by atoms with Crippen molar-refractivity contribution in [2.75, 3.05) is 26.2 Å². The first-order valence-corrected chi connectivity index (χ1v) is 4.75. The van der Waals surface area contributed by atoms with Crippen LogP contribution in [0.15, 0.2) is 30.3 Å². The fourth-order valence-corrected chi connectivity index (χ4v) is 1.13. The molecule has 1 saturated heterocycles. The van der Waals surface area contributed by atoms with Crippen molar-refractivity contribution in [3.05, 3.63) is 35.5 Å². The molecule has 0 amide bonds. The molecule has 14 heavy (non-hydrogen) atoms. The number of aromatic hydroxyl groups is 1. The summed E-state index contributed by atoms with van der Waals surface area (Å²) in [6.07, 6.45) is 0. The number of para-hydroxylation sites is 1. The molecule has 1 aliphatic heterocycles. The number of quaternary nitrogens is 1. The summed E-state index contributed by atoms with van der Waals surface area (Å²) in [6, 6.07) is 8.71. The summed E-state index contributed by atoms with van der Waals surface area (Å²) in [5.41, 5.74) is 0. The Bertz CT molecular complexity index is 235. The van der Waals surface area contributed by atoms with E-state index in [1.807, 2.05) is 6.07 Å². The van der Waals surface area contributed by atoms with Crippen LogP contribution < -0.4 is 10.4 Å². The van der Waals surface area contributed by atoms with Crippen LogP contribution in [-0.2, 0) is 0 Å². The molecule has 0 aromatic heterocycles. The molecule has 78 valence electrons. The second-order valence-electron chi connectivity index (χ2n) is 3.12. The molecule has 1 aromatic carbocycles. The zero-order chi connectivity index (χ0) is 10.2. The van der Waals surface area contributed by atoms with Crippen molar-refractivity contribution in [3.8, 4) is 5.75 Å². The minimum Gasteiger partial charge on any atom is -0.634 e. The van der Waals surface area contributed by atoms with Gasteiger partial charge in [0.05, 0.1) is 13.1 Å². The Hall–Kier alpha value is -1.10. The third kappa shape index (κ3) is 4.81. The Morgan fingerprint density at radius 2 is 1.71 bits per heavy atom. The number of rotatable bonds is 0. The van der Waals surface area contributed by atoms with E-state index in [1.54, 1.807) is 24.3 Å². The number of hydrogen-bond acceptors (Lipinski definition) is 3. The van der Waals surface area contributed by atoms with Gasteiger partial charge in [-0.25, -0.2) is 0 Å². The lowest BCUT2D eigenvalue weighted by molar-refractivity contribution is -0.850. The quantitative estimate of drug-likeness (QED) is 0.484. The first-order chi connectivity index (χ1) is 6.79. The maximum absolute atomic E-state index is 10.4. The van der Waals surface area contributed by atoms with E-state index in [0.29, 0.717) is 10.8 Å². The molecule has 0 spiro atoms. The van der Waals surface area contributed by atoms with E-state index in [9.17, 15) is 5.21 Å². The smallest absolute Gasteiger partial charge is 0.115 e. The summed E-state index contributed by atoms with van der Waals surface area (Å²) in [4.78, 5) is 0. The van der Waals surface area contributed by atoms with Crippen LogP contribution in [0.2, 0.25) is 0 Å². The average Bonchev–Trinajstić information content (AvgIpc) is 2.21. The third-order valence-electron chi connectivity index (χ3n) is 1.92. The maximum atomic E-state index is 10.4. The number of hydrogen-bond donors (Lipinski definition) is 3. The highest BCUT2D eigenvalue weighted by Crippen LogP contribution is 2.02. The molecule has 0 aliphatic carbocycles. The van der Waals surface area contributed by atoms with Gasteiger partial charge in [-0.15, -0.1) is 0 Å². The van der Waals surface area contributed by atoms with Crippen LogP contribution in [0.5, 0.6) is 5.75 Å². The number of benzene rings is 1. The zero-order valence-electron chi connectivity index (χ0n) is 8.07. The van der Waals surface area contributed by atoms with Crippen LogP contribution in [0, 0.1) is 5.21 Å². The molecule has 0 atom stereocenters.